The second-order valence-electron chi connectivity index (χ2n) is 5.41. The predicted molar refractivity (Wildman–Crippen MR) is 70.4 cm³/mol. The monoisotopic (exact) mass is 286 g/mol. The van der Waals surface area contributed by atoms with Crippen LogP contribution in [0.15, 0.2) is 0 Å². The predicted octanol–water partition coefficient (Wildman–Crippen LogP) is 0.175. The van der Waals surface area contributed by atoms with Crippen molar-refractivity contribution in [3.8, 4) is 0 Å². The zero-order valence-electron chi connectivity index (χ0n) is 11.5. The molecule has 1 saturated carbocycles. The summed E-state index contributed by atoms with van der Waals surface area (Å²) >= 11 is 0. The Balaban J connectivity index is 1.69. The van der Waals surface area contributed by atoms with Crippen molar-refractivity contribution >= 4 is 12.0 Å². The Hall–Kier alpha value is -1.34. The highest BCUT2D eigenvalue weighted by Crippen LogP contribution is 2.20. The van der Waals surface area contributed by atoms with Crippen LogP contribution in [0, 0.1) is 0 Å². The highest BCUT2D eigenvalue weighted by atomic mass is 16.5. The van der Waals surface area contributed by atoms with Crippen molar-refractivity contribution in [2.24, 2.45) is 0 Å². The van der Waals surface area contributed by atoms with E-state index in [0.717, 1.165) is 12.8 Å². The van der Waals surface area contributed by atoms with Gasteiger partial charge in [0.05, 0.1) is 18.8 Å². The summed E-state index contributed by atoms with van der Waals surface area (Å²) in [6, 6.07) is -1.40. The van der Waals surface area contributed by atoms with Gasteiger partial charge in [-0.2, -0.15) is 0 Å². The number of ether oxygens (including phenoxy) is 1. The van der Waals surface area contributed by atoms with Gasteiger partial charge in [-0.25, -0.2) is 9.59 Å². The molecule has 114 valence electrons. The Bertz CT molecular complexity index is 357. The lowest BCUT2D eigenvalue weighted by atomic mass is 10.2. The lowest BCUT2D eigenvalue weighted by Crippen LogP contribution is -2.47. The first-order chi connectivity index (χ1) is 9.58. The SMILES string of the molecule is O=C(O)[C@@H]1C[C@H](O)CN1C(=O)NCCOC1CCCC1. The summed E-state index contributed by atoms with van der Waals surface area (Å²) in [6.07, 6.45) is 4.16. The quantitative estimate of drug-likeness (QED) is 0.626. The molecule has 20 heavy (non-hydrogen) atoms. The standard InChI is InChI=1S/C13H22N2O5/c16-9-7-11(12(17)18)15(8-9)13(19)14-5-6-20-10-3-1-2-4-10/h9-11,16H,1-8H2,(H,14,19)(H,17,18)/t9-,11-/m0/s1. The summed E-state index contributed by atoms with van der Waals surface area (Å²) in [7, 11) is 0. The normalized spacial score (nSPS) is 26.9. The van der Waals surface area contributed by atoms with Gasteiger partial charge in [0.25, 0.3) is 0 Å². The van der Waals surface area contributed by atoms with Crippen molar-refractivity contribution in [1.29, 1.82) is 0 Å². The highest BCUT2D eigenvalue weighted by molar-refractivity contribution is 5.83. The molecule has 2 aliphatic rings. The summed E-state index contributed by atoms with van der Waals surface area (Å²) in [5.74, 6) is -1.08. The van der Waals surface area contributed by atoms with E-state index >= 15 is 0 Å². The molecule has 2 fully saturated rings. The number of nitrogens with one attached hydrogen (secondary N) is 1. The molecule has 0 bridgehead atoms. The number of carbonyl (C=O) groups is 2. The minimum absolute atomic E-state index is 0.0618. The van der Waals surface area contributed by atoms with E-state index in [0.29, 0.717) is 19.3 Å². The van der Waals surface area contributed by atoms with Gasteiger partial charge in [-0.3, -0.25) is 0 Å². The van der Waals surface area contributed by atoms with Gasteiger partial charge in [-0.1, -0.05) is 12.8 Å². The Labute approximate surface area is 117 Å². The number of rotatable bonds is 5. The second-order valence-corrected chi connectivity index (χ2v) is 5.41. The molecule has 1 heterocycles. The number of likely N-dealkylation sites (tertiary alicyclic amines) is 1. The minimum atomic E-state index is -1.08. The largest absolute Gasteiger partial charge is 0.480 e. The van der Waals surface area contributed by atoms with E-state index in [1.54, 1.807) is 0 Å². The van der Waals surface area contributed by atoms with Crippen LogP contribution in [0.4, 0.5) is 4.79 Å². The number of nitrogens with zero attached hydrogens (tertiary/aromatic N) is 1. The first-order valence-corrected chi connectivity index (χ1v) is 7.15. The molecule has 7 heteroatoms. The Morgan fingerprint density at radius 3 is 2.65 bits per heavy atom. The van der Waals surface area contributed by atoms with E-state index in [1.165, 1.54) is 17.7 Å². The number of carboxylic acids is 1. The van der Waals surface area contributed by atoms with Crippen LogP contribution < -0.4 is 5.32 Å². The molecular formula is C13H22N2O5. The van der Waals surface area contributed by atoms with Crippen molar-refractivity contribution in [2.45, 2.75) is 50.4 Å². The van der Waals surface area contributed by atoms with Crippen LogP contribution >= 0.6 is 0 Å². The lowest BCUT2D eigenvalue weighted by molar-refractivity contribution is -0.141. The molecule has 0 radical (unpaired) electrons. The Morgan fingerprint density at radius 1 is 1.30 bits per heavy atom. The maximum absolute atomic E-state index is 11.9. The van der Waals surface area contributed by atoms with Crippen molar-refractivity contribution < 1.29 is 24.5 Å². The number of carboxylic acid groups (broad SMARTS) is 1. The zero-order valence-corrected chi connectivity index (χ0v) is 11.5. The number of aliphatic hydroxyl groups is 1. The Morgan fingerprint density at radius 2 is 2.00 bits per heavy atom. The second kappa shape index (κ2) is 6.90. The number of aliphatic hydroxyl groups excluding tert-OH is 1. The number of aliphatic carboxylic acids is 1. The molecular weight excluding hydrogens is 264 g/mol. The smallest absolute Gasteiger partial charge is 0.326 e. The number of urea groups is 1. The van der Waals surface area contributed by atoms with Gasteiger partial charge in [0.15, 0.2) is 0 Å². The molecule has 2 atom stereocenters. The summed E-state index contributed by atoms with van der Waals surface area (Å²) in [4.78, 5) is 24.1. The summed E-state index contributed by atoms with van der Waals surface area (Å²) in [5.41, 5.74) is 0. The van der Waals surface area contributed by atoms with Gasteiger partial charge in [0, 0.05) is 19.5 Å². The zero-order chi connectivity index (χ0) is 14.5. The molecule has 1 aliphatic carbocycles. The third-order valence-corrected chi connectivity index (χ3v) is 3.86. The van der Waals surface area contributed by atoms with Gasteiger partial charge in [0.1, 0.15) is 6.04 Å². The fourth-order valence-corrected chi connectivity index (χ4v) is 2.81. The molecule has 0 spiro atoms. The number of hydrogen-bond donors (Lipinski definition) is 3. The molecule has 0 aromatic rings. The average Bonchev–Trinajstić information content (AvgIpc) is 3.03. The van der Waals surface area contributed by atoms with Crippen LogP contribution in [-0.4, -0.2) is 65.1 Å². The van der Waals surface area contributed by atoms with Crippen LogP contribution in [0.5, 0.6) is 0 Å². The van der Waals surface area contributed by atoms with Gasteiger partial charge in [-0.15, -0.1) is 0 Å². The number of hydrogen-bond acceptors (Lipinski definition) is 4. The van der Waals surface area contributed by atoms with Gasteiger partial charge in [-0.05, 0) is 12.8 Å². The maximum atomic E-state index is 11.9. The van der Waals surface area contributed by atoms with E-state index in [1.807, 2.05) is 0 Å². The molecule has 0 aromatic carbocycles. The van der Waals surface area contributed by atoms with E-state index in [2.05, 4.69) is 5.32 Å². The molecule has 2 rings (SSSR count). The maximum Gasteiger partial charge on any atom is 0.326 e. The minimum Gasteiger partial charge on any atom is -0.480 e. The number of carbonyl (C=O) groups excluding carboxylic acids is 1. The molecule has 3 N–H and O–H groups in total. The van der Waals surface area contributed by atoms with E-state index in [9.17, 15) is 14.7 Å². The van der Waals surface area contributed by atoms with Crippen molar-refractivity contribution in [1.82, 2.24) is 10.2 Å². The van der Waals surface area contributed by atoms with Crippen molar-refractivity contribution in [3.05, 3.63) is 0 Å². The fraction of sp³-hybridized carbons (Fsp3) is 0.846. The molecule has 7 nitrogen and oxygen atoms in total. The third-order valence-electron chi connectivity index (χ3n) is 3.86. The molecule has 0 unspecified atom stereocenters. The molecule has 1 aliphatic heterocycles. The van der Waals surface area contributed by atoms with Crippen LogP contribution in [0.25, 0.3) is 0 Å². The topological polar surface area (TPSA) is 99.1 Å². The molecule has 0 aromatic heterocycles. The average molecular weight is 286 g/mol. The van der Waals surface area contributed by atoms with Crippen molar-refractivity contribution in [2.75, 3.05) is 19.7 Å². The van der Waals surface area contributed by atoms with Crippen LogP contribution in [0.3, 0.4) is 0 Å². The fourth-order valence-electron chi connectivity index (χ4n) is 2.81. The summed E-state index contributed by atoms with van der Waals surface area (Å²) < 4.78 is 5.61. The van der Waals surface area contributed by atoms with E-state index in [-0.39, 0.29) is 13.0 Å². The number of amides is 2. The van der Waals surface area contributed by atoms with Crippen LogP contribution in [-0.2, 0) is 9.53 Å². The van der Waals surface area contributed by atoms with Gasteiger partial charge >= 0.3 is 12.0 Å². The first-order valence-electron chi connectivity index (χ1n) is 7.15. The lowest BCUT2D eigenvalue weighted by Gasteiger charge is -2.21. The van der Waals surface area contributed by atoms with Crippen LogP contribution in [0.1, 0.15) is 32.1 Å². The Kier molecular flexibility index (Phi) is 5.19. The highest BCUT2D eigenvalue weighted by Gasteiger charge is 2.38. The van der Waals surface area contributed by atoms with Crippen LogP contribution in [0.2, 0.25) is 0 Å². The van der Waals surface area contributed by atoms with E-state index in [4.69, 9.17) is 9.84 Å². The summed E-state index contributed by atoms with van der Waals surface area (Å²) in [6.45, 7) is 0.852. The molecule has 2 amide bonds. The van der Waals surface area contributed by atoms with Gasteiger partial charge < -0.3 is 25.2 Å². The molecule has 1 saturated heterocycles. The van der Waals surface area contributed by atoms with E-state index < -0.39 is 24.1 Å². The van der Waals surface area contributed by atoms with Crippen molar-refractivity contribution in [3.63, 3.8) is 0 Å². The van der Waals surface area contributed by atoms with Gasteiger partial charge in [0.2, 0.25) is 0 Å². The summed E-state index contributed by atoms with van der Waals surface area (Å²) in [5, 5.41) is 21.1. The third kappa shape index (κ3) is 3.83. The number of β-amino-alcohol motifs (C(OH)–C–C–N with tert-alkyl or cyclic N) is 1. The first kappa shape index (κ1) is 15.1.